The second-order valence-electron chi connectivity index (χ2n) is 5.46. The van der Waals surface area contributed by atoms with E-state index in [4.69, 9.17) is 0 Å². The number of halogens is 4. The third-order valence-corrected chi connectivity index (χ3v) is 3.98. The molecule has 124 valence electrons. The van der Waals surface area contributed by atoms with Crippen molar-refractivity contribution in [3.05, 3.63) is 70.8 Å². The maximum absolute atomic E-state index is 14.2. The van der Waals surface area contributed by atoms with Crippen molar-refractivity contribution in [1.29, 1.82) is 0 Å². The number of nitrogens with zero attached hydrogens (tertiary/aromatic N) is 3. The standard InChI is InChI=1S/C17H13BrF3N3/c1-17(20,21)16(11-5-7-13(19)8-6-11)24-10-12(9-22-24)14-3-2-4-15(18)23-14/h2-10,16H,1H3. The van der Waals surface area contributed by atoms with Gasteiger partial charge < -0.3 is 0 Å². The molecule has 3 aromatic rings. The van der Waals surface area contributed by atoms with E-state index in [0.717, 1.165) is 19.1 Å². The molecule has 0 bridgehead atoms. The summed E-state index contributed by atoms with van der Waals surface area (Å²) in [7, 11) is 0. The van der Waals surface area contributed by atoms with E-state index in [9.17, 15) is 13.2 Å². The highest BCUT2D eigenvalue weighted by Gasteiger charge is 2.37. The Labute approximate surface area is 145 Å². The first-order chi connectivity index (χ1) is 11.3. The highest BCUT2D eigenvalue weighted by atomic mass is 79.9. The van der Waals surface area contributed by atoms with Crippen molar-refractivity contribution in [3.63, 3.8) is 0 Å². The van der Waals surface area contributed by atoms with E-state index < -0.39 is 17.8 Å². The summed E-state index contributed by atoms with van der Waals surface area (Å²) in [4.78, 5) is 4.29. The maximum atomic E-state index is 14.2. The molecule has 0 saturated carbocycles. The molecule has 2 aromatic heterocycles. The number of hydrogen-bond acceptors (Lipinski definition) is 2. The molecular weight excluding hydrogens is 383 g/mol. The molecule has 1 unspecified atom stereocenters. The van der Waals surface area contributed by atoms with Crippen LogP contribution in [0, 0.1) is 5.82 Å². The van der Waals surface area contributed by atoms with Crippen LogP contribution >= 0.6 is 15.9 Å². The summed E-state index contributed by atoms with van der Waals surface area (Å²) in [5, 5.41) is 4.08. The molecule has 0 aliphatic carbocycles. The van der Waals surface area contributed by atoms with Gasteiger partial charge in [0.15, 0.2) is 0 Å². The molecule has 1 aromatic carbocycles. The molecule has 0 aliphatic heterocycles. The molecule has 0 aliphatic rings. The van der Waals surface area contributed by atoms with Crippen LogP contribution in [0.5, 0.6) is 0 Å². The van der Waals surface area contributed by atoms with Gasteiger partial charge in [-0.25, -0.2) is 18.2 Å². The van der Waals surface area contributed by atoms with E-state index in [-0.39, 0.29) is 5.56 Å². The predicted molar refractivity (Wildman–Crippen MR) is 88.3 cm³/mol. The molecule has 3 rings (SSSR count). The van der Waals surface area contributed by atoms with Gasteiger partial charge in [0, 0.05) is 18.7 Å². The first kappa shape index (κ1) is 16.7. The van der Waals surface area contributed by atoms with E-state index in [0.29, 0.717) is 15.9 Å². The molecule has 0 N–H and O–H groups in total. The zero-order valence-corrected chi connectivity index (χ0v) is 14.2. The summed E-state index contributed by atoms with van der Waals surface area (Å²) in [6.45, 7) is 0.819. The van der Waals surface area contributed by atoms with Crippen LogP contribution in [-0.4, -0.2) is 20.7 Å². The van der Waals surface area contributed by atoms with Crippen LogP contribution < -0.4 is 0 Å². The smallest absolute Gasteiger partial charge is 0.258 e. The summed E-state index contributed by atoms with van der Waals surface area (Å²) in [5.74, 6) is -3.55. The number of hydrogen-bond donors (Lipinski definition) is 0. The Morgan fingerprint density at radius 2 is 1.83 bits per heavy atom. The third kappa shape index (κ3) is 3.51. The van der Waals surface area contributed by atoms with E-state index in [1.807, 2.05) is 0 Å². The lowest BCUT2D eigenvalue weighted by molar-refractivity contribution is -0.0217. The van der Waals surface area contributed by atoms with Crippen LogP contribution in [0.4, 0.5) is 13.2 Å². The van der Waals surface area contributed by atoms with Crippen LogP contribution in [0.25, 0.3) is 11.3 Å². The number of aromatic nitrogens is 3. The minimum atomic E-state index is -3.08. The van der Waals surface area contributed by atoms with Crippen LogP contribution in [0.15, 0.2) is 59.5 Å². The lowest BCUT2D eigenvalue weighted by Gasteiger charge is -2.24. The largest absolute Gasteiger partial charge is 0.271 e. The molecule has 1 atom stereocenters. The fourth-order valence-corrected chi connectivity index (χ4v) is 2.85. The molecule has 0 fully saturated rings. The molecular formula is C17H13BrF3N3. The first-order valence-corrected chi connectivity index (χ1v) is 7.94. The topological polar surface area (TPSA) is 30.7 Å². The van der Waals surface area contributed by atoms with Crippen molar-refractivity contribution in [3.8, 4) is 11.3 Å². The molecule has 0 radical (unpaired) electrons. The average molecular weight is 396 g/mol. The van der Waals surface area contributed by atoms with Gasteiger partial charge in [-0.1, -0.05) is 18.2 Å². The van der Waals surface area contributed by atoms with Gasteiger partial charge in [0.1, 0.15) is 16.5 Å². The van der Waals surface area contributed by atoms with Gasteiger partial charge in [0.05, 0.1) is 11.9 Å². The molecule has 0 saturated heterocycles. The van der Waals surface area contributed by atoms with Crippen molar-refractivity contribution in [2.24, 2.45) is 0 Å². The Bertz CT molecular complexity index is 841. The number of rotatable bonds is 4. The molecule has 2 heterocycles. The highest BCUT2D eigenvalue weighted by Crippen LogP contribution is 2.35. The van der Waals surface area contributed by atoms with Gasteiger partial charge in [0.25, 0.3) is 5.92 Å². The molecule has 3 nitrogen and oxygen atoms in total. The fourth-order valence-electron chi connectivity index (χ4n) is 2.50. The normalized spacial score (nSPS) is 13.0. The number of benzene rings is 1. The lowest BCUT2D eigenvalue weighted by Crippen LogP contribution is -2.29. The van der Waals surface area contributed by atoms with Crippen molar-refractivity contribution < 1.29 is 13.2 Å². The van der Waals surface area contributed by atoms with Crippen LogP contribution in [0.2, 0.25) is 0 Å². The summed E-state index contributed by atoms with van der Waals surface area (Å²) < 4.78 is 43.2. The number of alkyl halides is 2. The monoisotopic (exact) mass is 395 g/mol. The van der Waals surface area contributed by atoms with E-state index in [2.05, 4.69) is 26.0 Å². The Balaban J connectivity index is 2.02. The molecule has 24 heavy (non-hydrogen) atoms. The van der Waals surface area contributed by atoms with Crippen molar-refractivity contribution in [1.82, 2.24) is 14.8 Å². The van der Waals surface area contributed by atoms with Gasteiger partial charge in [0.2, 0.25) is 0 Å². The van der Waals surface area contributed by atoms with E-state index in [1.54, 1.807) is 18.2 Å². The molecule has 0 spiro atoms. The van der Waals surface area contributed by atoms with Crippen molar-refractivity contribution in [2.45, 2.75) is 18.9 Å². The summed E-state index contributed by atoms with van der Waals surface area (Å²) in [6.07, 6.45) is 3.00. The lowest BCUT2D eigenvalue weighted by atomic mass is 10.0. The van der Waals surface area contributed by atoms with Crippen molar-refractivity contribution >= 4 is 15.9 Å². The molecule has 0 amide bonds. The second kappa shape index (κ2) is 6.39. The first-order valence-electron chi connectivity index (χ1n) is 7.15. The summed E-state index contributed by atoms with van der Waals surface area (Å²) in [6, 6.07) is 9.02. The zero-order chi connectivity index (χ0) is 17.3. The average Bonchev–Trinajstić information content (AvgIpc) is 2.97. The van der Waals surface area contributed by atoms with Crippen LogP contribution in [0.3, 0.4) is 0 Å². The van der Waals surface area contributed by atoms with Gasteiger partial charge in [-0.05, 0) is 45.8 Å². The minimum Gasteiger partial charge on any atom is -0.258 e. The van der Waals surface area contributed by atoms with Crippen molar-refractivity contribution in [2.75, 3.05) is 0 Å². The van der Waals surface area contributed by atoms with Gasteiger partial charge in [-0.2, -0.15) is 5.10 Å². The number of pyridine rings is 1. The van der Waals surface area contributed by atoms with Gasteiger partial charge in [-0.3, -0.25) is 4.68 Å². The van der Waals surface area contributed by atoms with E-state index >= 15 is 0 Å². The Morgan fingerprint density at radius 3 is 2.46 bits per heavy atom. The Kier molecular flexibility index (Phi) is 4.45. The summed E-state index contributed by atoms with van der Waals surface area (Å²) >= 11 is 3.28. The Morgan fingerprint density at radius 1 is 1.12 bits per heavy atom. The van der Waals surface area contributed by atoms with Gasteiger partial charge in [-0.15, -0.1) is 0 Å². The van der Waals surface area contributed by atoms with Crippen LogP contribution in [0.1, 0.15) is 18.5 Å². The SMILES string of the molecule is CC(F)(F)C(c1ccc(F)cc1)n1cc(-c2cccc(Br)n2)cn1. The quantitative estimate of drug-likeness (QED) is 0.575. The summed E-state index contributed by atoms with van der Waals surface area (Å²) in [5.41, 5.74) is 1.52. The second-order valence-corrected chi connectivity index (χ2v) is 6.28. The van der Waals surface area contributed by atoms with Crippen LogP contribution in [-0.2, 0) is 0 Å². The maximum Gasteiger partial charge on any atom is 0.271 e. The zero-order valence-electron chi connectivity index (χ0n) is 12.6. The predicted octanol–water partition coefficient (Wildman–Crippen LogP) is 5.09. The van der Waals surface area contributed by atoms with Gasteiger partial charge >= 0.3 is 0 Å². The van der Waals surface area contributed by atoms with E-state index in [1.165, 1.54) is 29.2 Å². The minimum absolute atomic E-state index is 0.278. The Hall–Kier alpha value is -2.15. The highest BCUT2D eigenvalue weighted by molar-refractivity contribution is 9.10. The fraction of sp³-hybridized carbons (Fsp3) is 0.176. The third-order valence-electron chi connectivity index (χ3n) is 3.54. The molecule has 7 heteroatoms.